The van der Waals surface area contributed by atoms with Gasteiger partial charge in [-0.25, -0.2) is 0 Å². The Morgan fingerprint density at radius 1 is 1.69 bits per heavy atom. The Kier molecular flexibility index (Phi) is 3.77. The van der Waals surface area contributed by atoms with Crippen molar-refractivity contribution < 1.29 is 4.74 Å². The second kappa shape index (κ2) is 4.87. The van der Waals surface area contributed by atoms with Crippen molar-refractivity contribution in [1.29, 1.82) is 0 Å². The normalized spacial score (nSPS) is 23.4. The number of allylic oxidation sites excluding steroid dienone is 4. The molecule has 1 rings (SSSR count). The molecule has 13 heavy (non-hydrogen) atoms. The summed E-state index contributed by atoms with van der Waals surface area (Å²) in [5, 5.41) is 0. The van der Waals surface area contributed by atoms with Crippen LogP contribution in [0.5, 0.6) is 0 Å². The predicted molar refractivity (Wildman–Crippen MR) is 55.2 cm³/mol. The lowest BCUT2D eigenvalue weighted by molar-refractivity contribution is 0.155. The van der Waals surface area contributed by atoms with Crippen LogP contribution in [0, 0.1) is 5.92 Å². The van der Waals surface area contributed by atoms with Gasteiger partial charge in [-0.05, 0) is 31.5 Å². The third-order valence-electron chi connectivity index (χ3n) is 2.19. The van der Waals surface area contributed by atoms with Gasteiger partial charge in [0.05, 0.1) is 6.61 Å². The van der Waals surface area contributed by atoms with Gasteiger partial charge < -0.3 is 10.5 Å². The third kappa shape index (κ3) is 2.46. The van der Waals surface area contributed by atoms with E-state index in [2.05, 4.69) is 12.7 Å². The highest BCUT2D eigenvalue weighted by atomic mass is 16.5. The summed E-state index contributed by atoms with van der Waals surface area (Å²) in [6, 6.07) is 0. The summed E-state index contributed by atoms with van der Waals surface area (Å²) in [4.78, 5) is 0. The molecule has 1 aliphatic heterocycles. The lowest BCUT2D eigenvalue weighted by atomic mass is 9.96. The maximum Gasteiger partial charge on any atom is 0.121 e. The van der Waals surface area contributed by atoms with Crippen molar-refractivity contribution in [2.75, 3.05) is 13.2 Å². The first kappa shape index (κ1) is 10.1. The molecule has 0 amide bonds. The largest absolute Gasteiger partial charge is 0.493 e. The monoisotopic (exact) mass is 179 g/mol. The first-order chi connectivity index (χ1) is 6.31. The Morgan fingerprint density at radius 2 is 2.46 bits per heavy atom. The van der Waals surface area contributed by atoms with Gasteiger partial charge in [0.1, 0.15) is 5.76 Å². The van der Waals surface area contributed by atoms with Crippen LogP contribution in [0.1, 0.15) is 13.3 Å². The van der Waals surface area contributed by atoms with Crippen LogP contribution in [0.2, 0.25) is 0 Å². The smallest absolute Gasteiger partial charge is 0.121 e. The van der Waals surface area contributed by atoms with Crippen LogP contribution in [-0.2, 0) is 4.74 Å². The Bertz CT molecular complexity index is 240. The molecule has 1 unspecified atom stereocenters. The van der Waals surface area contributed by atoms with Crippen molar-refractivity contribution in [1.82, 2.24) is 0 Å². The summed E-state index contributed by atoms with van der Waals surface area (Å²) in [5.41, 5.74) is 6.80. The molecule has 0 aromatic rings. The van der Waals surface area contributed by atoms with Crippen molar-refractivity contribution in [2.24, 2.45) is 11.7 Å². The summed E-state index contributed by atoms with van der Waals surface area (Å²) in [6.45, 7) is 7.13. The van der Waals surface area contributed by atoms with Crippen molar-refractivity contribution in [3.63, 3.8) is 0 Å². The van der Waals surface area contributed by atoms with Crippen molar-refractivity contribution in [3.05, 3.63) is 36.1 Å². The van der Waals surface area contributed by atoms with E-state index in [4.69, 9.17) is 10.5 Å². The van der Waals surface area contributed by atoms with E-state index in [1.165, 1.54) is 5.57 Å². The number of nitrogens with two attached hydrogens (primary N) is 1. The Balaban J connectivity index is 2.79. The van der Waals surface area contributed by atoms with E-state index in [9.17, 15) is 0 Å². The van der Waals surface area contributed by atoms with Crippen LogP contribution in [0.15, 0.2) is 36.1 Å². The van der Waals surface area contributed by atoms with Crippen LogP contribution in [0.3, 0.4) is 0 Å². The average molecular weight is 179 g/mol. The molecule has 2 heteroatoms. The Morgan fingerprint density at radius 3 is 3.00 bits per heavy atom. The number of hydrogen-bond donors (Lipinski definition) is 1. The molecule has 0 bridgehead atoms. The van der Waals surface area contributed by atoms with Gasteiger partial charge in [-0.2, -0.15) is 0 Å². The summed E-state index contributed by atoms with van der Waals surface area (Å²) in [7, 11) is 0. The van der Waals surface area contributed by atoms with Gasteiger partial charge >= 0.3 is 0 Å². The van der Waals surface area contributed by atoms with Gasteiger partial charge in [0.25, 0.3) is 0 Å². The number of rotatable bonds is 3. The molecular formula is C11H17NO. The molecule has 0 aromatic carbocycles. The minimum Gasteiger partial charge on any atom is -0.493 e. The summed E-state index contributed by atoms with van der Waals surface area (Å²) in [6.07, 6.45) is 6.85. The highest BCUT2D eigenvalue weighted by molar-refractivity contribution is 5.30. The van der Waals surface area contributed by atoms with Gasteiger partial charge in [0.15, 0.2) is 0 Å². The van der Waals surface area contributed by atoms with E-state index >= 15 is 0 Å². The highest BCUT2D eigenvalue weighted by Gasteiger charge is 2.17. The van der Waals surface area contributed by atoms with E-state index in [-0.39, 0.29) is 0 Å². The average Bonchev–Trinajstić information content (AvgIpc) is 2.18. The Labute approximate surface area is 79.8 Å². The second-order valence-electron chi connectivity index (χ2n) is 3.21. The molecule has 0 fully saturated rings. The minimum atomic E-state index is 0.454. The van der Waals surface area contributed by atoms with Gasteiger partial charge in [-0.15, -0.1) is 0 Å². The minimum absolute atomic E-state index is 0.454. The summed E-state index contributed by atoms with van der Waals surface area (Å²) >= 11 is 0. The standard InChI is InChI=1S/C11H17NO/c1-3-5-10-6-9(7-12)8-13-11(10)4-2/h3-5,9H,2,6-8,12H2,1H3. The van der Waals surface area contributed by atoms with Gasteiger partial charge in [0, 0.05) is 5.92 Å². The fraction of sp³-hybridized carbons (Fsp3) is 0.455. The van der Waals surface area contributed by atoms with Crippen LogP contribution in [0.25, 0.3) is 0 Å². The first-order valence-electron chi connectivity index (χ1n) is 4.63. The zero-order chi connectivity index (χ0) is 9.68. The maximum absolute atomic E-state index is 5.60. The fourth-order valence-electron chi connectivity index (χ4n) is 1.46. The molecule has 0 saturated carbocycles. The zero-order valence-electron chi connectivity index (χ0n) is 8.12. The van der Waals surface area contributed by atoms with E-state index < -0.39 is 0 Å². The first-order valence-corrected chi connectivity index (χ1v) is 4.63. The molecule has 72 valence electrons. The zero-order valence-corrected chi connectivity index (χ0v) is 8.12. The van der Waals surface area contributed by atoms with E-state index in [1.807, 2.05) is 13.0 Å². The highest BCUT2D eigenvalue weighted by Crippen LogP contribution is 2.24. The topological polar surface area (TPSA) is 35.2 Å². The van der Waals surface area contributed by atoms with E-state index in [0.717, 1.165) is 18.8 Å². The molecule has 2 nitrogen and oxygen atoms in total. The van der Waals surface area contributed by atoms with Gasteiger partial charge in [-0.3, -0.25) is 0 Å². The van der Waals surface area contributed by atoms with Crippen molar-refractivity contribution in [2.45, 2.75) is 13.3 Å². The third-order valence-corrected chi connectivity index (χ3v) is 2.19. The lowest BCUT2D eigenvalue weighted by Gasteiger charge is -2.24. The van der Waals surface area contributed by atoms with Crippen LogP contribution >= 0.6 is 0 Å². The summed E-state index contributed by atoms with van der Waals surface area (Å²) < 4.78 is 5.53. The molecular weight excluding hydrogens is 162 g/mol. The lowest BCUT2D eigenvalue weighted by Crippen LogP contribution is -2.24. The molecule has 0 aliphatic carbocycles. The molecule has 0 spiro atoms. The van der Waals surface area contributed by atoms with E-state index in [1.54, 1.807) is 6.08 Å². The molecule has 2 N–H and O–H groups in total. The van der Waals surface area contributed by atoms with Crippen LogP contribution in [-0.4, -0.2) is 13.2 Å². The number of hydrogen-bond acceptors (Lipinski definition) is 2. The predicted octanol–water partition coefficient (Wildman–Crippen LogP) is 2.00. The van der Waals surface area contributed by atoms with Crippen molar-refractivity contribution >= 4 is 0 Å². The maximum atomic E-state index is 5.60. The quantitative estimate of drug-likeness (QED) is 0.719. The van der Waals surface area contributed by atoms with Crippen LogP contribution < -0.4 is 5.73 Å². The molecule has 1 heterocycles. The van der Waals surface area contributed by atoms with Crippen LogP contribution in [0.4, 0.5) is 0 Å². The molecule has 0 radical (unpaired) electrons. The number of ether oxygens (including phenoxy) is 1. The molecule has 1 aliphatic rings. The molecule has 0 saturated heterocycles. The van der Waals surface area contributed by atoms with Gasteiger partial charge in [0.2, 0.25) is 0 Å². The Hall–Kier alpha value is -1.02. The summed E-state index contributed by atoms with van der Waals surface area (Å²) in [5.74, 6) is 1.36. The fourth-order valence-corrected chi connectivity index (χ4v) is 1.46. The molecule has 1 atom stereocenters. The van der Waals surface area contributed by atoms with Crippen molar-refractivity contribution in [3.8, 4) is 0 Å². The second-order valence-corrected chi connectivity index (χ2v) is 3.21. The van der Waals surface area contributed by atoms with Gasteiger partial charge in [-0.1, -0.05) is 18.7 Å². The SMILES string of the molecule is C=CC1=C(C=CC)CC(CN)CO1. The molecule has 0 aromatic heterocycles. The van der Waals surface area contributed by atoms with E-state index in [0.29, 0.717) is 12.5 Å².